The first kappa shape index (κ1) is 12.0. The van der Waals surface area contributed by atoms with Crippen LogP contribution in [0.25, 0.3) is 0 Å². The standard InChI is InChI=1S/C10H18N2O3/c1-7(10(14)15)9(13)11-8-3-5-12(2)6-4-8/h7-8H,3-6H2,1-2H3,(H,11,13)(H,14,15). The number of amides is 1. The molecule has 0 aromatic rings. The van der Waals surface area contributed by atoms with Crippen LogP contribution >= 0.6 is 0 Å². The molecule has 0 bridgehead atoms. The summed E-state index contributed by atoms with van der Waals surface area (Å²) < 4.78 is 0. The maximum atomic E-state index is 11.4. The molecule has 15 heavy (non-hydrogen) atoms. The summed E-state index contributed by atoms with van der Waals surface area (Å²) in [5.74, 6) is -2.40. The smallest absolute Gasteiger partial charge is 0.315 e. The molecular formula is C10H18N2O3. The number of carbonyl (C=O) groups excluding carboxylic acids is 1. The number of carbonyl (C=O) groups is 2. The van der Waals surface area contributed by atoms with Crippen molar-refractivity contribution >= 4 is 11.9 Å². The molecule has 86 valence electrons. The van der Waals surface area contributed by atoms with Crippen molar-refractivity contribution in [2.75, 3.05) is 20.1 Å². The second-order valence-electron chi connectivity index (χ2n) is 4.15. The third-order valence-corrected chi connectivity index (χ3v) is 2.83. The van der Waals surface area contributed by atoms with Gasteiger partial charge in [-0.3, -0.25) is 9.59 Å². The average molecular weight is 214 g/mol. The van der Waals surface area contributed by atoms with E-state index in [9.17, 15) is 9.59 Å². The fraction of sp³-hybridized carbons (Fsp3) is 0.800. The minimum Gasteiger partial charge on any atom is -0.481 e. The van der Waals surface area contributed by atoms with Crippen molar-refractivity contribution in [1.82, 2.24) is 10.2 Å². The molecule has 1 unspecified atom stereocenters. The molecule has 1 amide bonds. The first-order valence-electron chi connectivity index (χ1n) is 5.22. The zero-order valence-electron chi connectivity index (χ0n) is 9.19. The molecule has 1 heterocycles. The van der Waals surface area contributed by atoms with E-state index in [1.807, 2.05) is 7.05 Å². The molecule has 1 aliphatic heterocycles. The SMILES string of the molecule is CC(C(=O)O)C(=O)NC1CCN(C)CC1. The number of hydrogen-bond acceptors (Lipinski definition) is 3. The number of hydrogen-bond donors (Lipinski definition) is 2. The monoisotopic (exact) mass is 214 g/mol. The fourth-order valence-electron chi connectivity index (χ4n) is 1.59. The minimum absolute atomic E-state index is 0.135. The van der Waals surface area contributed by atoms with Crippen LogP contribution in [0.3, 0.4) is 0 Å². The van der Waals surface area contributed by atoms with Gasteiger partial charge in [0.25, 0.3) is 0 Å². The van der Waals surface area contributed by atoms with Crippen LogP contribution in [0.5, 0.6) is 0 Å². The Hall–Kier alpha value is -1.10. The number of nitrogens with one attached hydrogen (secondary N) is 1. The Bertz CT molecular complexity index is 247. The van der Waals surface area contributed by atoms with Crippen molar-refractivity contribution in [3.05, 3.63) is 0 Å². The topological polar surface area (TPSA) is 69.6 Å². The second-order valence-corrected chi connectivity index (χ2v) is 4.15. The van der Waals surface area contributed by atoms with E-state index in [2.05, 4.69) is 10.2 Å². The number of carboxylic acids is 1. The summed E-state index contributed by atoms with van der Waals surface area (Å²) in [6.45, 7) is 3.31. The quantitative estimate of drug-likeness (QED) is 0.645. The Labute approximate surface area is 89.4 Å². The van der Waals surface area contributed by atoms with Gasteiger partial charge in [-0.05, 0) is 39.9 Å². The fourth-order valence-corrected chi connectivity index (χ4v) is 1.59. The first-order valence-corrected chi connectivity index (χ1v) is 5.22. The van der Waals surface area contributed by atoms with E-state index in [1.165, 1.54) is 6.92 Å². The molecule has 1 rings (SSSR count). The van der Waals surface area contributed by atoms with Crippen LogP contribution in [0.2, 0.25) is 0 Å². The summed E-state index contributed by atoms with van der Waals surface area (Å²) in [7, 11) is 2.04. The van der Waals surface area contributed by atoms with Crippen molar-refractivity contribution in [1.29, 1.82) is 0 Å². The van der Waals surface area contributed by atoms with Gasteiger partial charge in [-0.25, -0.2) is 0 Å². The lowest BCUT2D eigenvalue weighted by molar-refractivity contribution is -0.146. The van der Waals surface area contributed by atoms with Crippen LogP contribution in [0.1, 0.15) is 19.8 Å². The molecule has 0 spiro atoms. The van der Waals surface area contributed by atoms with E-state index >= 15 is 0 Å². The van der Waals surface area contributed by atoms with Gasteiger partial charge in [0.05, 0.1) is 0 Å². The van der Waals surface area contributed by atoms with E-state index in [1.54, 1.807) is 0 Å². The predicted octanol–water partition coefficient (Wildman–Crippen LogP) is -0.0825. The molecule has 1 aliphatic rings. The van der Waals surface area contributed by atoms with Crippen LogP contribution in [-0.4, -0.2) is 48.1 Å². The predicted molar refractivity (Wildman–Crippen MR) is 55.5 cm³/mol. The maximum absolute atomic E-state index is 11.4. The summed E-state index contributed by atoms with van der Waals surface area (Å²) in [5.41, 5.74) is 0. The third-order valence-electron chi connectivity index (χ3n) is 2.83. The van der Waals surface area contributed by atoms with Crippen LogP contribution in [-0.2, 0) is 9.59 Å². The summed E-state index contributed by atoms with van der Waals surface area (Å²) >= 11 is 0. The van der Waals surface area contributed by atoms with Gasteiger partial charge in [-0.2, -0.15) is 0 Å². The lowest BCUT2D eigenvalue weighted by Gasteiger charge is -2.29. The average Bonchev–Trinajstić information content (AvgIpc) is 2.20. The van der Waals surface area contributed by atoms with E-state index in [0.717, 1.165) is 25.9 Å². The lowest BCUT2D eigenvalue weighted by atomic mass is 10.0. The largest absolute Gasteiger partial charge is 0.481 e. The van der Waals surface area contributed by atoms with Crippen molar-refractivity contribution in [3.8, 4) is 0 Å². The molecule has 0 aliphatic carbocycles. The summed E-state index contributed by atoms with van der Waals surface area (Å²) in [6, 6.07) is 0.135. The molecular weight excluding hydrogens is 196 g/mol. The molecule has 5 heteroatoms. The summed E-state index contributed by atoms with van der Waals surface area (Å²) in [5, 5.41) is 11.4. The molecule has 0 radical (unpaired) electrons. The van der Waals surface area contributed by atoms with E-state index < -0.39 is 11.9 Å². The van der Waals surface area contributed by atoms with Crippen molar-refractivity contribution < 1.29 is 14.7 Å². The summed E-state index contributed by atoms with van der Waals surface area (Å²) in [4.78, 5) is 24.2. The third kappa shape index (κ3) is 3.51. The zero-order valence-corrected chi connectivity index (χ0v) is 9.19. The highest BCUT2D eigenvalue weighted by Gasteiger charge is 2.24. The summed E-state index contributed by atoms with van der Waals surface area (Å²) in [6.07, 6.45) is 1.79. The van der Waals surface area contributed by atoms with Gasteiger partial charge in [0.15, 0.2) is 0 Å². The Morgan fingerprint density at radius 2 is 1.93 bits per heavy atom. The highest BCUT2D eigenvalue weighted by atomic mass is 16.4. The number of nitrogens with zero attached hydrogens (tertiary/aromatic N) is 1. The van der Waals surface area contributed by atoms with Gasteiger partial charge in [0.1, 0.15) is 5.92 Å². The Morgan fingerprint density at radius 3 is 2.40 bits per heavy atom. The van der Waals surface area contributed by atoms with Crippen LogP contribution in [0.15, 0.2) is 0 Å². The molecule has 0 aromatic heterocycles. The van der Waals surface area contributed by atoms with E-state index in [4.69, 9.17) is 5.11 Å². The first-order chi connectivity index (χ1) is 7.00. The molecule has 1 atom stereocenters. The zero-order chi connectivity index (χ0) is 11.4. The molecule has 5 nitrogen and oxygen atoms in total. The van der Waals surface area contributed by atoms with Gasteiger partial charge >= 0.3 is 5.97 Å². The van der Waals surface area contributed by atoms with Gasteiger partial charge in [0, 0.05) is 6.04 Å². The highest BCUT2D eigenvalue weighted by Crippen LogP contribution is 2.09. The minimum atomic E-state index is -1.07. The second kappa shape index (κ2) is 5.11. The van der Waals surface area contributed by atoms with Crippen molar-refractivity contribution in [2.24, 2.45) is 5.92 Å². The van der Waals surface area contributed by atoms with Crippen LogP contribution in [0, 0.1) is 5.92 Å². The van der Waals surface area contributed by atoms with Gasteiger partial charge in [-0.1, -0.05) is 0 Å². The van der Waals surface area contributed by atoms with E-state index in [-0.39, 0.29) is 11.9 Å². The molecule has 1 fully saturated rings. The number of carboxylic acid groups (broad SMARTS) is 1. The normalized spacial score (nSPS) is 20.9. The lowest BCUT2D eigenvalue weighted by Crippen LogP contribution is -2.46. The van der Waals surface area contributed by atoms with Gasteiger partial charge < -0.3 is 15.3 Å². The molecule has 0 saturated carbocycles. The molecule has 0 aromatic carbocycles. The van der Waals surface area contributed by atoms with Crippen LogP contribution in [0.4, 0.5) is 0 Å². The van der Waals surface area contributed by atoms with Crippen molar-refractivity contribution in [2.45, 2.75) is 25.8 Å². The number of aliphatic carboxylic acids is 1. The number of piperidine rings is 1. The van der Waals surface area contributed by atoms with E-state index in [0.29, 0.717) is 0 Å². The van der Waals surface area contributed by atoms with Crippen molar-refractivity contribution in [3.63, 3.8) is 0 Å². The Morgan fingerprint density at radius 1 is 1.40 bits per heavy atom. The van der Waals surface area contributed by atoms with Crippen LogP contribution < -0.4 is 5.32 Å². The molecule has 2 N–H and O–H groups in total. The van der Waals surface area contributed by atoms with Gasteiger partial charge in [-0.15, -0.1) is 0 Å². The molecule has 1 saturated heterocycles. The number of likely N-dealkylation sites (tertiary alicyclic amines) is 1. The maximum Gasteiger partial charge on any atom is 0.315 e. The number of rotatable bonds is 3. The highest BCUT2D eigenvalue weighted by molar-refractivity contribution is 5.96. The Kier molecular flexibility index (Phi) is 4.08. The Balaban J connectivity index is 2.35. The van der Waals surface area contributed by atoms with Gasteiger partial charge in [0.2, 0.25) is 5.91 Å².